The summed E-state index contributed by atoms with van der Waals surface area (Å²) in [7, 11) is 0. The molecule has 1 aliphatic heterocycles. The zero-order valence-corrected chi connectivity index (χ0v) is 23.2. The van der Waals surface area contributed by atoms with E-state index in [-0.39, 0.29) is 5.57 Å². The molecule has 0 saturated heterocycles. The lowest BCUT2D eigenvalue weighted by atomic mass is 9.95. The maximum absolute atomic E-state index is 13.8. The van der Waals surface area contributed by atoms with Crippen LogP contribution in [-0.4, -0.2) is 39.9 Å². The first-order valence-corrected chi connectivity index (χ1v) is 13.9. The summed E-state index contributed by atoms with van der Waals surface area (Å²) in [5, 5.41) is 12.8. The SMILES string of the molecule is CCN(CC)c1ccc(C2C(C(=O)c3sc(C)nc3C)=C(O)C(=O)N2c2nc3ccc(Cl)cc3s2)cc1. The van der Waals surface area contributed by atoms with E-state index in [2.05, 4.69) is 28.7 Å². The minimum absolute atomic E-state index is 0.0321. The molecule has 2 aromatic carbocycles. The largest absolute Gasteiger partial charge is 0.503 e. The molecule has 1 amide bonds. The predicted molar refractivity (Wildman–Crippen MR) is 150 cm³/mol. The van der Waals surface area contributed by atoms with Crippen molar-refractivity contribution in [2.24, 2.45) is 0 Å². The Kier molecular flexibility index (Phi) is 6.78. The van der Waals surface area contributed by atoms with Crippen LogP contribution < -0.4 is 9.80 Å². The van der Waals surface area contributed by atoms with Gasteiger partial charge in [0, 0.05) is 23.8 Å². The number of fused-ring (bicyclic) bond motifs is 1. The van der Waals surface area contributed by atoms with E-state index in [0.717, 1.165) is 28.5 Å². The fourth-order valence-electron chi connectivity index (χ4n) is 4.66. The average Bonchev–Trinajstić information content (AvgIpc) is 3.52. The van der Waals surface area contributed by atoms with Crippen LogP contribution in [-0.2, 0) is 4.79 Å². The van der Waals surface area contributed by atoms with Crippen molar-refractivity contribution in [3.63, 3.8) is 0 Å². The lowest BCUT2D eigenvalue weighted by molar-refractivity contribution is -0.117. The average molecular weight is 553 g/mol. The van der Waals surface area contributed by atoms with Crippen LogP contribution >= 0.6 is 34.3 Å². The zero-order valence-electron chi connectivity index (χ0n) is 20.8. The molecule has 37 heavy (non-hydrogen) atoms. The maximum Gasteiger partial charge on any atom is 0.296 e. The fraction of sp³-hybridized carbons (Fsp3) is 0.259. The molecule has 190 valence electrons. The summed E-state index contributed by atoms with van der Waals surface area (Å²) in [6.45, 7) is 9.47. The molecule has 0 spiro atoms. The van der Waals surface area contributed by atoms with Gasteiger partial charge in [-0.2, -0.15) is 0 Å². The van der Waals surface area contributed by atoms with Crippen LogP contribution in [0.1, 0.15) is 45.8 Å². The Morgan fingerprint density at radius 2 is 1.78 bits per heavy atom. The number of thiazole rings is 2. The summed E-state index contributed by atoms with van der Waals surface area (Å²) < 4.78 is 0.805. The van der Waals surface area contributed by atoms with E-state index in [1.54, 1.807) is 25.1 Å². The standard InChI is InChI=1S/C27H25ClN4O3S2/c1-5-31(6-2)18-10-7-16(8-11-18)22-21(23(33)25-14(3)29-15(4)36-25)24(34)26(35)32(22)27-30-19-12-9-17(28)13-20(19)37-27/h7-13,22,34H,5-6H2,1-4H3. The molecule has 1 unspecified atom stereocenters. The molecular formula is C27H25ClN4O3S2. The Hall–Kier alpha value is -3.27. The Morgan fingerprint density at radius 1 is 1.08 bits per heavy atom. The van der Waals surface area contributed by atoms with Crippen molar-refractivity contribution in [2.75, 3.05) is 22.9 Å². The van der Waals surface area contributed by atoms with Gasteiger partial charge in [0.25, 0.3) is 5.91 Å². The van der Waals surface area contributed by atoms with Crippen LogP contribution in [0.25, 0.3) is 10.2 Å². The molecule has 2 aromatic heterocycles. The Labute approximate surface area is 227 Å². The number of hydrogen-bond acceptors (Lipinski definition) is 8. The van der Waals surface area contributed by atoms with Crippen LogP contribution in [0.4, 0.5) is 10.8 Å². The van der Waals surface area contributed by atoms with E-state index in [0.29, 0.717) is 31.8 Å². The van der Waals surface area contributed by atoms with Crippen molar-refractivity contribution in [1.29, 1.82) is 0 Å². The minimum atomic E-state index is -0.844. The summed E-state index contributed by atoms with van der Waals surface area (Å²) in [5.74, 6) is -1.63. The van der Waals surface area contributed by atoms with Crippen LogP contribution in [0.3, 0.4) is 0 Å². The van der Waals surface area contributed by atoms with Gasteiger partial charge in [-0.1, -0.05) is 35.1 Å². The van der Waals surface area contributed by atoms with Crippen molar-refractivity contribution in [2.45, 2.75) is 33.7 Å². The van der Waals surface area contributed by atoms with Crippen molar-refractivity contribution in [3.8, 4) is 0 Å². The zero-order chi connectivity index (χ0) is 26.4. The normalized spacial score (nSPS) is 15.8. The number of Topliss-reactive ketones (excluding diaryl/α,β-unsaturated/α-hetero) is 1. The van der Waals surface area contributed by atoms with Crippen LogP contribution in [0, 0.1) is 13.8 Å². The number of aryl methyl sites for hydroxylation is 2. The highest BCUT2D eigenvalue weighted by atomic mass is 35.5. The van der Waals surface area contributed by atoms with Gasteiger partial charge in [-0.05, 0) is 63.6 Å². The fourth-order valence-corrected chi connectivity index (χ4v) is 6.80. The first-order valence-electron chi connectivity index (χ1n) is 11.9. The predicted octanol–water partition coefficient (Wildman–Crippen LogP) is 6.65. The highest BCUT2D eigenvalue weighted by Crippen LogP contribution is 2.45. The van der Waals surface area contributed by atoms with Gasteiger partial charge in [-0.15, -0.1) is 11.3 Å². The first kappa shape index (κ1) is 25.4. The summed E-state index contributed by atoms with van der Waals surface area (Å²) in [6, 6.07) is 12.2. The number of benzene rings is 2. The number of carbonyl (C=O) groups is 2. The summed E-state index contributed by atoms with van der Waals surface area (Å²) in [5.41, 5.74) is 3.02. The van der Waals surface area contributed by atoms with Crippen LogP contribution in [0.2, 0.25) is 5.02 Å². The first-order chi connectivity index (χ1) is 17.7. The third-order valence-corrected chi connectivity index (χ3v) is 8.77. The molecular weight excluding hydrogens is 528 g/mol. The molecule has 5 rings (SSSR count). The van der Waals surface area contributed by atoms with Crippen molar-refractivity contribution in [3.05, 3.63) is 80.0 Å². The number of nitrogens with zero attached hydrogens (tertiary/aromatic N) is 4. The number of halogens is 1. The number of anilines is 2. The number of hydrogen-bond donors (Lipinski definition) is 1. The summed E-state index contributed by atoms with van der Waals surface area (Å²) >= 11 is 8.72. The molecule has 1 N–H and O–H groups in total. The van der Waals surface area contributed by atoms with Gasteiger partial charge in [-0.3, -0.25) is 14.5 Å². The lowest BCUT2D eigenvalue weighted by Gasteiger charge is -2.26. The molecule has 4 aromatic rings. The maximum atomic E-state index is 13.8. The molecule has 10 heteroatoms. The highest BCUT2D eigenvalue weighted by Gasteiger charge is 2.46. The second kappa shape index (κ2) is 9.89. The van der Waals surface area contributed by atoms with E-state index >= 15 is 0 Å². The van der Waals surface area contributed by atoms with Crippen LogP contribution in [0.5, 0.6) is 0 Å². The number of aliphatic hydroxyl groups is 1. The summed E-state index contributed by atoms with van der Waals surface area (Å²) in [4.78, 5) is 40.4. The van der Waals surface area contributed by atoms with Gasteiger partial charge in [0.05, 0.1) is 37.4 Å². The number of aliphatic hydroxyl groups excluding tert-OH is 1. The monoisotopic (exact) mass is 552 g/mol. The van der Waals surface area contributed by atoms with Gasteiger partial charge in [0.2, 0.25) is 5.78 Å². The highest BCUT2D eigenvalue weighted by molar-refractivity contribution is 7.22. The Balaban J connectivity index is 1.66. The van der Waals surface area contributed by atoms with E-state index in [1.807, 2.05) is 31.2 Å². The third-order valence-electron chi connectivity index (χ3n) is 6.45. The molecule has 0 radical (unpaired) electrons. The van der Waals surface area contributed by atoms with Gasteiger partial charge >= 0.3 is 0 Å². The topological polar surface area (TPSA) is 86.6 Å². The van der Waals surface area contributed by atoms with Gasteiger partial charge in [0.15, 0.2) is 10.9 Å². The molecule has 1 atom stereocenters. The van der Waals surface area contributed by atoms with Gasteiger partial charge in [0.1, 0.15) is 0 Å². The third kappa shape index (κ3) is 4.41. The molecule has 0 aliphatic carbocycles. The second-order valence-corrected chi connectivity index (χ2v) is 11.3. The molecule has 0 saturated carbocycles. The smallest absolute Gasteiger partial charge is 0.296 e. The Morgan fingerprint density at radius 3 is 2.41 bits per heavy atom. The van der Waals surface area contributed by atoms with E-state index in [9.17, 15) is 14.7 Å². The minimum Gasteiger partial charge on any atom is -0.503 e. The van der Waals surface area contributed by atoms with E-state index in [4.69, 9.17) is 11.6 Å². The number of aromatic nitrogens is 2. The summed E-state index contributed by atoms with van der Waals surface area (Å²) in [6.07, 6.45) is 0. The van der Waals surface area contributed by atoms with E-state index in [1.165, 1.54) is 27.6 Å². The Bertz CT molecular complexity index is 1550. The molecule has 3 heterocycles. The van der Waals surface area contributed by atoms with Crippen molar-refractivity contribution < 1.29 is 14.7 Å². The quantitative estimate of drug-likeness (QED) is 0.258. The van der Waals surface area contributed by atoms with Crippen LogP contribution in [0.15, 0.2) is 53.8 Å². The van der Waals surface area contributed by atoms with Crippen molar-refractivity contribution in [1.82, 2.24) is 9.97 Å². The van der Waals surface area contributed by atoms with Gasteiger partial charge < -0.3 is 10.0 Å². The molecule has 1 aliphatic rings. The van der Waals surface area contributed by atoms with E-state index < -0.39 is 23.5 Å². The number of rotatable bonds is 7. The lowest BCUT2D eigenvalue weighted by Crippen LogP contribution is -2.31. The van der Waals surface area contributed by atoms with Crippen molar-refractivity contribution >= 4 is 67.0 Å². The molecule has 7 nitrogen and oxygen atoms in total. The molecule has 0 bridgehead atoms. The van der Waals surface area contributed by atoms with Gasteiger partial charge in [-0.25, -0.2) is 9.97 Å². The number of amides is 1. The number of carbonyl (C=O) groups excluding carboxylic acids is 2. The molecule has 0 fully saturated rings. The second-order valence-electron chi connectivity index (χ2n) is 8.69. The number of ketones is 1.